The highest BCUT2D eigenvalue weighted by molar-refractivity contribution is 5.95. The Morgan fingerprint density at radius 3 is 2.67 bits per heavy atom. The number of hydrogen-bond donors (Lipinski definition) is 3. The molecule has 0 spiro atoms. The zero-order valence-electron chi connectivity index (χ0n) is 12.3. The number of aryl methyl sites for hydroxylation is 1. The monoisotopic (exact) mass is 286 g/mol. The van der Waals surface area contributed by atoms with Crippen molar-refractivity contribution in [2.45, 2.75) is 38.6 Å². The third-order valence-electron chi connectivity index (χ3n) is 5.68. The second-order valence-electron chi connectivity index (χ2n) is 6.72. The second kappa shape index (κ2) is 4.70. The van der Waals surface area contributed by atoms with E-state index >= 15 is 0 Å². The van der Waals surface area contributed by atoms with E-state index in [-0.39, 0.29) is 5.91 Å². The Kier molecular flexibility index (Phi) is 2.92. The number of nitrogens with zero attached hydrogens (tertiary/aromatic N) is 1. The van der Waals surface area contributed by atoms with Crippen LogP contribution in [-0.2, 0) is 6.42 Å². The number of nitrogens with one attached hydrogen (secondary N) is 2. The minimum atomic E-state index is 0.0161. The van der Waals surface area contributed by atoms with Gasteiger partial charge in [0.25, 0.3) is 5.91 Å². The third kappa shape index (κ3) is 2.02. The molecule has 3 saturated carbocycles. The molecular weight excluding hydrogens is 264 g/mol. The average molecular weight is 286 g/mol. The lowest BCUT2D eigenvalue weighted by atomic mass is 10.0. The summed E-state index contributed by atoms with van der Waals surface area (Å²) in [5.41, 5.74) is 4.08. The van der Waals surface area contributed by atoms with Crippen LogP contribution in [0.3, 0.4) is 0 Å². The summed E-state index contributed by atoms with van der Waals surface area (Å²) in [6.07, 6.45) is 4.93. The number of hydrogen-bond acceptors (Lipinski definition) is 4. The van der Waals surface area contributed by atoms with Crippen molar-refractivity contribution < 1.29 is 4.79 Å². The Hall–Kier alpha value is -1.62. The van der Waals surface area contributed by atoms with Crippen LogP contribution in [-0.4, -0.2) is 16.9 Å². The zero-order valence-corrected chi connectivity index (χ0v) is 12.3. The zero-order chi connectivity index (χ0) is 14.6. The maximum Gasteiger partial charge on any atom is 0.251 e. The van der Waals surface area contributed by atoms with Gasteiger partial charge in [-0.3, -0.25) is 4.79 Å². The fourth-order valence-corrected chi connectivity index (χ4v) is 4.73. The molecule has 3 fully saturated rings. The molecule has 0 radical (unpaired) electrons. The van der Waals surface area contributed by atoms with E-state index < -0.39 is 0 Å². The molecule has 4 rings (SSSR count). The second-order valence-corrected chi connectivity index (χ2v) is 6.72. The van der Waals surface area contributed by atoms with Crippen molar-refractivity contribution in [2.75, 3.05) is 5.43 Å². The summed E-state index contributed by atoms with van der Waals surface area (Å²) in [5.74, 6) is 9.25. The van der Waals surface area contributed by atoms with Gasteiger partial charge >= 0.3 is 0 Å². The van der Waals surface area contributed by atoms with Crippen LogP contribution in [0.1, 0.15) is 42.2 Å². The first-order chi connectivity index (χ1) is 10.2. The van der Waals surface area contributed by atoms with Gasteiger partial charge in [-0.2, -0.15) is 0 Å². The van der Waals surface area contributed by atoms with Gasteiger partial charge < -0.3 is 10.7 Å². The molecule has 4 unspecified atom stereocenters. The van der Waals surface area contributed by atoms with Crippen molar-refractivity contribution in [2.24, 2.45) is 29.5 Å². The first-order valence-corrected chi connectivity index (χ1v) is 7.99. The number of pyridine rings is 1. The van der Waals surface area contributed by atoms with E-state index in [1.165, 1.54) is 19.3 Å². The number of amides is 1. The predicted octanol–water partition coefficient (Wildman–Crippen LogP) is 1.70. The standard InChI is InChI=1S/C16H22N4O/c1-2-11-6-10(7-12(18-11)20-17)16(21)19-15-13-8-3-4-9(5-8)14(13)15/h6-9,13-15H,2-5,17H2,1H3,(H,18,20)(H,19,21). The lowest BCUT2D eigenvalue weighted by molar-refractivity contribution is 0.0944. The van der Waals surface area contributed by atoms with Crippen molar-refractivity contribution in [3.8, 4) is 0 Å². The summed E-state index contributed by atoms with van der Waals surface area (Å²) in [4.78, 5) is 16.8. The van der Waals surface area contributed by atoms with Gasteiger partial charge in [0.1, 0.15) is 5.82 Å². The largest absolute Gasteiger partial charge is 0.349 e. The van der Waals surface area contributed by atoms with Crippen molar-refractivity contribution >= 4 is 11.7 Å². The molecule has 5 nitrogen and oxygen atoms in total. The normalized spacial score (nSPS) is 35.4. The van der Waals surface area contributed by atoms with E-state index in [0.29, 0.717) is 17.4 Å². The van der Waals surface area contributed by atoms with Crippen molar-refractivity contribution in [1.29, 1.82) is 0 Å². The van der Waals surface area contributed by atoms with E-state index in [2.05, 4.69) is 15.7 Å². The number of anilines is 1. The van der Waals surface area contributed by atoms with Crippen LogP contribution in [0.2, 0.25) is 0 Å². The SMILES string of the molecule is CCc1cc(C(=O)NC2C3C4CCC(C4)C23)cc(NN)n1. The molecular formula is C16H22N4O. The topological polar surface area (TPSA) is 80.0 Å². The number of hydrazine groups is 1. The van der Waals surface area contributed by atoms with Crippen LogP contribution in [0.5, 0.6) is 0 Å². The number of carbonyl (C=O) groups excluding carboxylic acids is 1. The Balaban J connectivity index is 1.48. The molecule has 112 valence electrons. The quantitative estimate of drug-likeness (QED) is 0.581. The molecule has 4 atom stereocenters. The number of nitrogens with two attached hydrogens (primary N) is 1. The molecule has 5 heteroatoms. The van der Waals surface area contributed by atoms with Gasteiger partial charge in [-0.25, -0.2) is 10.8 Å². The first-order valence-electron chi connectivity index (χ1n) is 7.99. The van der Waals surface area contributed by atoms with Crippen LogP contribution in [0, 0.1) is 23.7 Å². The molecule has 0 aromatic carbocycles. The van der Waals surface area contributed by atoms with E-state index in [1.54, 1.807) is 6.07 Å². The van der Waals surface area contributed by atoms with E-state index in [0.717, 1.165) is 35.8 Å². The summed E-state index contributed by atoms with van der Waals surface area (Å²) in [5, 5.41) is 3.24. The van der Waals surface area contributed by atoms with E-state index in [1.807, 2.05) is 13.0 Å². The molecule has 3 aliphatic rings. The molecule has 3 aliphatic carbocycles. The third-order valence-corrected chi connectivity index (χ3v) is 5.68. The number of fused-ring (bicyclic) bond motifs is 5. The summed E-state index contributed by atoms with van der Waals surface area (Å²) < 4.78 is 0. The van der Waals surface area contributed by atoms with Crippen molar-refractivity contribution in [3.63, 3.8) is 0 Å². The van der Waals surface area contributed by atoms with Crippen molar-refractivity contribution in [1.82, 2.24) is 10.3 Å². The van der Waals surface area contributed by atoms with Gasteiger partial charge in [0.05, 0.1) is 0 Å². The first kappa shape index (κ1) is 13.1. The number of nitrogen functional groups attached to an aromatic ring is 1. The Morgan fingerprint density at radius 1 is 1.33 bits per heavy atom. The molecule has 1 aromatic rings. The molecule has 0 aliphatic heterocycles. The Labute approximate surface area is 124 Å². The Morgan fingerprint density at radius 2 is 2.05 bits per heavy atom. The highest BCUT2D eigenvalue weighted by Gasteiger charge is 2.65. The summed E-state index contributed by atoms with van der Waals surface area (Å²) >= 11 is 0. The maximum atomic E-state index is 12.5. The predicted molar refractivity (Wildman–Crippen MR) is 80.5 cm³/mol. The minimum Gasteiger partial charge on any atom is -0.349 e. The van der Waals surface area contributed by atoms with Gasteiger partial charge in [-0.1, -0.05) is 6.92 Å². The fourth-order valence-electron chi connectivity index (χ4n) is 4.73. The van der Waals surface area contributed by atoms with E-state index in [4.69, 9.17) is 5.84 Å². The van der Waals surface area contributed by atoms with Crippen LogP contribution in [0.25, 0.3) is 0 Å². The number of carbonyl (C=O) groups is 1. The van der Waals surface area contributed by atoms with Gasteiger partial charge in [0, 0.05) is 17.3 Å². The smallest absolute Gasteiger partial charge is 0.251 e. The molecule has 4 N–H and O–H groups in total. The van der Waals surface area contributed by atoms with Gasteiger partial charge in [-0.15, -0.1) is 0 Å². The molecule has 2 bridgehead atoms. The van der Waals surface area contributed by atoms with E-state index in [9.17, 15) is 4.79 Å². The molecule has 0 saturated heterocycles. The highest BCUT2D eigenvalue weighted by atomic mass is 16.1. The summed E-state index contributed by atoms with van der Waals surface area (Å²) in [6.45, 7) is 2.02. The fraction of sp³-hybridized carbons (Fsp3) is 0.625. The van der Waals surface area contributed by atoms with Gasteiger partial charge in [-0.05, 0) is 61.5 Å². The van der Waals surface area contributed by atoms with Gasteiger partial charge in [0.15, 0.2) is 0 Å². The summed E-state index contributed by atoms with van der Waals surface area (Å²) in [6, 6.07) is 4.00. The molecule has 21 heavy (non-hydrogen) atoms. The highest BCUT2D eigenvalue weighted by Crippen LogP contribution is 2.65. The lowest BCUT2D eigenvalue weighted by Crippen LogP contribution is -2.30. The molecule has 1 aromatic heterocycles. The molecule has 1 amide bonds. The van der Waals surface area contributed by atoms with Gasteiger partial charge in [0.2, 0.25) is 0 Å². The minimum absolute atomic E-state index is 0.0161. The van der Waals surface area contributed by atoms with Crippen LogP contribution in [0.4, 0.5) is 5.82 Å². The Bertz CT molecular complexity index is 549. The summed E-state index contributed by atoms with van der Waals surface area (Å²) in [7, 11) is 0. The van der Waals surface area contributed by atoms with Crippen LogP contribution in [0.15, 0.2) is 12.1 Å². The molecule has 1 heterocycles. The van der Waals surface area contributed by atoms with Crippen LogP contribution < -0.4 is 16.6 Å². The van der Waals surface area contributed by atoms with Crippen molar-refractivity contribution in [3.05, 3.63) is 23.4 Å². The van der Waals surface area contributed by atoms with Crippen LogP contribution >= 0.6 is 0 Å². The average Bonchev–Trinajstić information content (AvgIpc) is 2.90. The number of aromatic nitrogens is 1. The lowest BCUT2D eigenvalue weighted by Gasteiger charge is -2.12. The maximum absolute atomic E-state index is 12.5. The number of rotatable bonds is 4.